The Morgan fingerprint density at radius 1 is 1.46 bits per heavy atom. The second-order valence-corrected chi connectivity index (χ2v) is 4.13. The van der Waals surface area contributed by atoms with Crippen molar-refractivity contribution in [3.63, 3.8) is 0 Å². The van der Waals surface area contributed by atoms with E-state index in [1.807, 2.05) is 22.6 Å². The molecule has 0 spiro atoms. The van der Waals surface area contributed by atoms with E-state index in [4.69, 9.17) is 27.9 Å². The normalized spacial score (nSPS) is 9.85. The Bertz CT molecular complexity index is 352. The van der Waals surface area contributed by atoms with E-state index in [0.29, 0.717) is 19.4 Å². The smallest absolute Gasteiger partial charge is 0.308 e. The van der Waals surface area contributed by atoms with Gasteiger partial charge in [-0.2, -0.15) is 0 Å². The molecule has 0 aromatic heterocycles. The van der Waals surface area contributed by atoms with E-state index >= 15 is 0 Å². The maximum Gasteiger partial charge on any atom is 0.308 e. The van der Waals surface area contributed by atoms with E-state index in [-0.39, 0.29) is 5.97 Å². The first-order chi connectivity index (χ1) is 6.02. The van der Waals surface area contributed by atoms with Gasteiger partial charge in [-0.05, 0) is 34.7 Å². The topological polar surface area (TPSA) is 26.3 Å². The van der Waals surface area contributed by atoms with Crippen LogP contribution in [0.25, 0.3) is 0 Å². The van der Waals surface area contributed by atoms with Gasteiger partial charge in [-0.3, -0.25) is 4.79 Å². The van der Waals surface area contributed by atoms with Crippen LogP contribution in [0.15, 0.2) is 12.1 Å². The van der Waals surface area contributed by atoms with Gasteiger partial charge in [0.25, 0.3) is 0 Å². The summed E-state index contributed by atoms with van der Waals surface area (Å²) in [7, 11) is 0. The molecule has 0 N–H and O–H groups in total. The van der Waals surface area contributed by atoms with Gasteiger partial charge >= 0.3 is 5.97 Å². The molecule has 5 heteroatoms. The van der Waals surface area contributed by atoms with Crippen LogP contribution >= 0.6 is 45.8 Å². The molecule has 0 heterocycles. The third-order valence-electron chi connectivity index (χ3n) is 1.25. The lowest BCUT2D eigenvalue weighted by atomic mass is 10.3. The Morgan fingerprint density at radius 3 is 2.62 bits per heavy atom. The summed E-state index contributed by atoms with van der Waals surface area (Å²) in [5.41, 5.74) is 0. The lowest BCUT2D eigenvalue weighted by Gasteiger charge is -2.06. The highest BCUT2D eigenvalue weighted by molar-refractivity contribution is 14.1. The molecule has 0 atom stereocenters. The fourth-order valence-corrected chi connectivity index (χ4v) is 1.80. The van der Waals surface area contributed by atoms with Gasteiger partial charge in [0, 0.05) is 6.92 Å². The minimum Gasteiger partial charge on any atom is -0.426 e. The van der Waals surface area contributed by atoms with Crippen molar-refractivity contribution >= 4 is 51.8 Å². The van der Waals surface area contributed by atoms with Crippen LogP contribution in [-0.4, -0.2) is 5.97 Å². The van der Waals surface area contributed by atoms with E-state index in [2.05, 4.69) is 0 Å². The lowest BCUT2D eigenvalue weighted by molar-refractivity contribution is -0.131. The first-order valence-electron chi connectivity index (χ1n) is 3.34. The average Bonchev–Trinajstić information content (AvgIpc) is 2.06. The first-order valence-corrected chi connectivity index (χ1v) is 5.17. The monoisotopic (exact) mass is 330 g/mol. The number of carbonyl (C=O) groups is 1. The van der Waals surface area contributed by atoms with E-state index in [1.54, 1.807) is 12.1 Å². The number of carbonyl (C=O) groups excluding carboxylic acids is 1. The molecule has 0 amide bonds. The van der Waals surface area contributed by atoms with Gasteiger partial charge < -0.3 is 4.74 Å². The second-order valence-electron chi connectivity index (χ2n) is 2.27. The summed E-state index contributed by atoms with van der Waals surface area (Å²) < 4.78 is 5.53. The predicted octanol–water partition coefficient (Wildman–Crippen LogP) is 3.52. The Hall–Kier alpha value is -0.000000000000000111. The number of hydrogen-bond donors (Lipinski definition) is 0. The third-order valence-corrected chi connectivity index (χ3v) is 3.45. The lowest BCUT2D eigenvalue weighted by Crippen LogP contribution is -2.02. The Labute approximate surface area is 99.3 Å². The van der Waals surface area contributed by atoms with Crippen molar-refractivity contribution in [1.29, 1.82) is 0 Å². The fourth-order valence-electron chi connectivity index (χ4n) is 0.742. The molecular formula is C8H5Cl2IO2. The van der Waals surface area contributed by atoms with E-state index in [9.17, 15) is 4.79 Å². The largest absolute Gasteiger partial charge is 0.426 e. The maximum absolute atomic E-state index is 10.7. The molecule has 1 aromatic carbocycles. The van der Waals surface area contributed by atoms with Crippen LogP contribution in [-0.2, 0) is 4.79 Å². The number of hydrogen-bond acceptors (Lipinski definition) is 2. The van der Waals surface area contributed by atoms with Gasteiger partial charge in [-0.15, -0.1) is 0 Å². The summed E-state index contributed by atoms with van der Waals surface area (Å²) in [5, 5.41) is 0.850. The van der Waals surface area contributed by atoms with Crippen molar-refractivity contribution in [3.8, 4) is 5.75 Å². The molecule has 1 rings (SSSR count). The Morgan fingerprint density at radius 2 is 2.08 bits per heavy atom. The molecule has 1 aromatic rings. The molecule has 0 radical (unpaired) electrons. The summed E-state index contributed by atoms with van der Waals surface area (Å²) >= 11 is 13.6. The van der Waals surface area contributed by atoms with Crippen LogP contribution in [0.5, 0.6) is 5.75 Å². The van der Waals surface area contributed by atoms with Crippen molar-refractivity contribution in [2.45, 2.75) is 6.92 Å². The first kappa shape index (κ1) is 11.1. The Kier molecular flexibility index (Phi) is 3.82. The standard InChI is InChI=1S/C8H5Cl2IO2/c1-4(12)13-6-3-2-5(9)7(10)8(6)11/h2-3H,1H3. The zero-order valence-corrected chi connectivity index (χ0v) is 10.3. The fraction of sp³-hybridized carbons (Fsp3) is 0.125. The number of rotatable bonds is 1. The molecule has 0 unspecified atom stereocenters. The van der Waals surface area contributed by atoms with Crippen LogP contribution in [0, 0.1) is 3.57 Å². The summed E-state index contributed by atoms with van der Waals surface area (Å²) in [6.07, 6.45) is 0. The molecule has 0 saturated carbocycles. The van der Waals surface area contributed by atoms with Crippen molar-refractivity contribution in [1.82, 2.24) is 0 Å². The SMILES string of the molecule is CC(=O)Oc1ccc(Cl)c(Cl)c1I. The van der Waals surface area contributed by atoms with E-state index < -0.39 is 0 Å². The second kappa shape index (κ2) is 4.48. The molecular weight excluding hydrogens is 326 g/mol. The highest BCUT2D eigenvalue weighted by atomic mass is 127. The minimum atomic E-state index is -0.378. The molecule has 0 saturated heterocycles. The molecule has 0 aliphatic heterocycles. The van der Waals surface area contributed by atoms with Gasteiger partial charge in [-0.1, -0.05) is 23.2 Å². The summed E-state index contributed by atoms with van der Waals surface area (Å²) in [6, 6.07) is 3.20. The van der Waals surface area contributed by atoms with Crippen molar-refractivity contribution in [2.75, 3.05) is 0 Å². The van der Waals surface area contributed by atoms with E-state index in [1.165, 1.54) is 6.92 Å². The zero-order chi connectivity index (χ0) is 10.0. The van der Waals surface area contributed by atoms with Crippen LogP contribution in [0.1, 0.15) is 6.92 Å². The summed E-state index contributed by atoms with van der Waals surface area (Å²) in [4.78, 5) is 10.7. The van der Waals surface area contributed by atoms with Gasteiger partial charge in [0.05, 0.1) is 13.6 Å². The van der Waals surface area contributed by atoms with Crippen molar-refractivity contribution < 1.29 is 9.53 Å². The molecule has 70 valence electrons. The highest BCUT2D eigenvalue weighted by Crippen LogP contribution is 2.33. The average molecular weight is 331 g/mol. The molecule has 0 bridgehead atoms. The number of halogens is 3. The van der Waals surface area contributed by atoms with Crippen LogP contribution < -0.4 is 4.74 Å². The molecule has 2 nitrogen and oxygen atoms in total. The van der Waals surface area contributed by atoms with Crippen LogP contribution in [0.4, 0.5) is 0 Å². The minimum absolute atomic E-state index is 0.378. The quantitative estimate of drug-likeness (QED) is 0.341. The number of esters is 1. The highest BCUT2D eigenvalue weighted by Gasteiger charge is 2.10. The Balaban J connectivity index is 3.10. The van der Waals surface area contributed by atoms with Crippen LogP contribution in [0.2, 0.25) is 10.0 Å². The molecule has 0 aliphatic carbocycles. The van der Waals surface area contributed by atoms with Crippen LogP contribution in [0.3, 0.4) is 0 Å². The summed E-state index contributed by atoms with van der Waals surface area (Å²) in [6.45, 7) is 1.33. The predicted molar refractivity (Wildman–Crippen MR) is 60.5 cm³/mol. The van der Waals surface area contributed by atoms with E-state index in [0.717, 1.165) is 0 Å². The van der Waals surface area contributed by atoms with Gasteiger partial charge in [0.2, 0.25) is 0 Å². The van der Waals surface area contributed by atoms with Crippen molar-refractivity contribution in [2.24, 2.45) is 0 Å². The van der Waals surface area contributed by atoms with Gasteiger partial charge in [-0.25, -0.2) is 0 Å². The number of ether oxygens (including phenoxy) is 1. The zero-order valence-electron chi connectivity index (χ0n) is 6.61. The van der Waals surface area contributed by atoms with Crippen molar-refractivity contribution in [3.05, 3.63) is 25.7 Å². The molecule has 0 aliphatic rings. The third kappa shape index (κ3) is 2.72. The molecule has 13 heavy (non-hydrogen) atoms. The summed E-state index contributed by atoms with van der Waals surface area (Å²) in [5.74, 6) is 0.0544. The maximum atomic E-state index is 10.7. The molecule has 0 fully saturated rings. The van der Waals surface area contributed by atoms with Gasteiger partial charge in [0.1, 0.15) is 5.75 Å². The number of benzene rings is 1. The van der Waals surface area contributed by atoms with Gasteiger partial charge in [0.15, 0.2) is 0 Å².